The number of carbonyl (C=O) groups is 2. The second-order valence-electron chi connectivity index (χ2n) is 7.81. The Bertz CT molecular complexity index is 930. The summed E-state index contributed by atoms with van der Waals surface area (Å²) in [6.45, 7) is 6.27. The maximum atomic E-state index is 13.4. The molecule has 1 atom stereocenters. The molecule has 0 N–H and O–H groups in total. The maximum absolute atomic E-state index is 13.4. The molecule has 1 unspecified atom stereocenters. The molecule has 0 aliphatic carbocycles. The Hall–Kier alpha value is -2.38. The molecule has 2 aliphatic rings. The first-order valence-corrected chi connectivity index (χ1v) is 11.3. The van der Waals surface area contributed by atoms with Crippen LogP contribution in [0.2, 0.25) is 0 Å². The second-order valence-corrected chi connectivity index (χ2v) is 8.88. The van der Waals surface area contributed by atoms with Gasteiger partial charge in [-0.3, -0.25) is 14.5 Å². The third-order valence-electron chi connectivity index (χ3n) is 5.68. The molecule has 0 spiro atoms. The van der Waals surface area contributed by atoms with Crippen LogP contribution in [0.5, 0.6) is 0 Å². The highest BCUT2D eigenvalue weighted by atomic mass is 32.2. The Morgan fingerprint density at radius 2 is 1.83 bits per heavy atom. The third kappa shape index (κ3) is 4.68. The molecule has 4 rings (SSSR count). The van der Waals surface area contributed by atoms with E-state index in [0.717, 1.165) is 19.6 Å². The zero-order valence-corrected chi connectivity index (χ0v) is 17.9. The molecule has 2 amide bonds. The Morgan fingerprint density at radius 1 is 1.07 bits per heavy atom. The molecule has 7 heteroatoms. The van der Waals surface area contributed by atoms with Gasteiger partial charge in [0.2, 0.25) is 5.91 Å². The largest absolute Gasteiger partial charge is 0.336 e. The number of rotatable bonds is 5. The van der Waals surface area contributed by atoms with E-state index in [-0.39, 0.29) is 17.2 Å². The normalized spacial score (nSPS) is 20.1. The summed E-state index contributed by atoms with van der Waals surface area (Å²) in [5.41, 5.74) is 2.77. The van der Waals surface area contributed by atoms with Gasteiger partial charge < -0.3 is 9.80 Å². The van der Waals surface area contributed by atoms with Gasteiger partial charge in [-0.25, -0.2) is 4.39 Å². The molecular formula is C23H26FN3O2S. The summed E-state index contributed by atoms with van der Waals surface area (Å²) in [4.78, 5) is 31.1. The SMILES string of the molecule is Cc1cccc(C2SCC(=O)N2CCN2CCN(C(=O)c3cccc(F)c3)CC2)c1. The quantitative estimate of drug-likeness (QED) is 0.735. The van der Waals surface area contributed by atoms with Crippen molar-refractivity contribution in [1.29, 1.82) is 0 Å². The van der Waals surface area contributed by atoms with Gasteiger partial charge in [0.15, 0.2) is 0 Å². The monoisotopic (exact) mass is 427 g/mol. The van der Waals surface area contributed by atoms with E-state index < -0.39 is 5.82 Å². The summed E-state index contributed by atoms with van der Waals surface area (Å²) in [7, 11) is 0. The molecular weight excluding hydrogens is 401 g/mol. The van der Waals surface area contributed by atoms with Crippen molar-refractivity contribution in [2.24, 2.45) is 0 Å². The average Bonchev–Trinajstić information content (AvgIpc) is 3.12. The number of benzene rings is 2. The number of hydrogen-bond donors (Lipinski definition) is 0. The highest BCUT2D eigenvalue weighted by molar-refractivity contribution is 8.00. The number of amides is 2. The number of nitrogens with zero attached hydrogens (tertiary/aromatic N) is 3. The Labute approximate surface area is 180 Å². The molecule has 0 aromatic heterocycles. The summed E-state index contributed by atoms with van der Waals surface area (Å²) < 4.78 is 13.4. The standard InChI is InChI=1S/C23H26FN3O2S/c1-17-4-2-6-19(14-17)23-27(21(28)16-30-23)13-10-25-8-11-26(12-9-25)22(29)18-5-3-7-20(24)15-18/h2-7,14-15,23H,8-13,16H2,1H3. The van der Waals surface area contributed by atoms with E-state index in [1.165, 1.54) is 23.3 Å². The van der Waals surface area contributed by atoms with Crippen molar-refractivity contribution in [2.75, 3.05) is 45.0 Å². The average molecular weight is 428 g/mol. The summed E-state index contributed by atoms with van der Waals surface area (Å²) in [6, 6.07) is 14.2. The predicted molar refractivity (Wildman–Crippen MR) is 117 cm³/mol. The van der Waals surface area contributed by atoms with Crippen molar-refractivity contribution in [3.8, 4) is 0 Å². The van der Waals surface area contributed by atoms with Gasteiger partial charge in [0.05, 0.1) is 5.75 Å². The molecule has 2 aromatic rings. The first-order chi connectivity index (χ1) is 14.5. The van der Waals surface area contributed by atoms with E-state index in [4.69, 9.17) is 0 Å². The van der Waals surface area contributed by atoms with Crippen molar-refractivity contribution >= 4 is 23.6 Å². The van der Waals surface area contributed by atoms with Crippen molar-refractivity contribution in [2.45, 2.75) is 12.3 Å². The van der Waals surface area contributed by atoms with E-state index in [9.17, 15) is 14.0 Å². The van der Waals surface area contributed by atoms with Crippen LogP contribution in [0, 0.1) is 12.7 Å². The van der Waals surface area contributed by atoms with Gasteiger partial charge in [-0.1, -0.05) is 35.9 Å². The van der Waals surface area contributed by atoms with Crippen LogP contribution in [0.3, 0.4) is 0 Å². The number of carbonyl (C=O) groups excluding carboxylic acids is 2. The minimum absolute atomic E-state index is 0.0771. The third-order valence-corrected chi connectivity index (χ3v) is 6.94. The summed E-state index contributed by atoms with van der Waals surface area (Å²) in [5, 5.41) is 0.0771. The van der Waals surface area contributed by atoms with Gasteiger partial charge in [0.25, 0.3) is 5.91 Å². The lowest BCUT2D eigenvalue weighted by atomic mass is 10.1. The van der Waals surface area contributed by atoms with Crippen LogP contribution in [0.25, 0.3) is 0 Å². The van der Waals surface area contributed by atoms with Crippen molar-refractivity contribution in [3.05, 3.63) is 71.0 Å². The van der Waals surface area contributed by atoms with Crippen LogP contribution in [-0.4, -0.2) is 71.5 Å². The summed E-state index contributed by atoms with van der Waals surface area (Å²) in [6.07, 6.45) is 0. The van der Waals surface area contributed by atoms with Crippen LogP contribution in [-0.2, 0) is 4.79 Å². The fraction of sp³-hybridized carbons (Fsp3) is 0.391. The van der Waals surface area contributed by atoms with E-state index >= 15 is 0 Å². The van der Waals surface area contributed by atoms with Gasteiger partial charge in [-0.15, -0.1) is 11.8 Å². The maximum Gasteiger partial charge on any atom is 0.254 e. The Morgan fingerprint density at radius 3 is 2.57 bits per heavy atom. The molecule has 0 saturated carbocycles. The van der Waals surface area contributed by atoms with Crippen molar-refractivity contribution in [3.63, 3.8) is 0 Å². The molecule has 2 aliphatic heterocycles. The van der Waals surface area contributed by atoms with Crippen LogP contribution < -0.4 is 0 Å². The van der Waals surface area contributed by atoms with Gasteiger partial charge in [0.1, 0.15) is 11.2 Å². The molecule has 5 nitrogen and oxygen atoms in total. The molecule has 158 valence electrons. The highest BCUT2D eigenvalue weighted by Gasteiger charge is 2.33. The fourth-order valence-electron chi connectivity index (χ4n) is 4.02. The van der Waals surface area contributed by atoms with Crippen LogP contribution in [0.1, 0.15) is 26.9 Å². The molecule has 2 aromatic carbocycles. The van der Waals surface area contributed by atoms with Gasteiger partial charge in [-0.05, 0) is 30.7 Å². The zero-order valence-electron chi connectivity index (χ0n) is 17.1. The minimum Gasteiger partial charge on any atom is -0.336 e. The Balaban J connectivity index is 1.31. The first-order valence-electron chi connectivity index (χ1n) is 10.3. The summed E-state index contributed by atoms with van der Waals surface area (Å²) in [5.74, 6) is 0.191. The van der Waals surface area contributed by atoms with Crippen molar-refractivity contribution in [1.82, 2.24) is 14.7 Å². The lowest BCUT2D eigenvalue weighted by Gasteiger charge is -2.36. The molecule has 0 bridgehead atoms. The number of aryl methyl sites for hydroxylation is 1. The number of hydrogen-bond acceptors (Lipinski definition) is 4. The number of piperazine rings is 1. The van der Waals surface area contributed by atoms with Crippen LogP contribution in [0.15, 0.2) is 48.5 Å². The van der Waals surface area contributed by atoms with E-state index in [1.807, 2.05) is 11.0 Å². The number of thioether (sulfide) groups is 1. The molecule has 2 fully saturated rings. The number of halogens is 1. The highest BCUT2D eigenvalue weighted by Crippen LogP contribution is 2.38. The predicted octanol–water partition coefficient (Wildman–Crippen LogP) is 3.17. The van der Waals surface area contributed by atoms with Gasteiger partial charge in [-0.2, -0.15) is 0 Å². The van der Waals surface area contributed by atoms with Crippen LogP contribution in [0.4, 0.5) is 4.39 Å². The van der Waals surface area contributed by atoms with Crippen LogP contribution >= 0.6 is 11.8 Å². The molecule has 0 radical (unpaired) electrons. The summed E-state index contributed by atoms with van der Waals surface area (Å²) >= 11 is 1.68. The first kappa shape index (κ1) is 20.9. The van der Waals surface area contributed by atoms with Gasteiger partial charge in [0, 0.05) is 44.8 Å². The molecule has 2 saturated heterocycles. The second kappa shape index (κ2) is 9.18. The zero-order chi connectivity index (χ0) is 21.1. The topological polar surface area (TPSA) is 43.9 Å². The lowest BCUT2D eigenvalue weighted by Crippen LogP contribution is -2.50. The molecule has 2 heterocycles. The fourth-order valence-corrected chi connectivity index (χ4v) is 5.23. The lowest BCUT2D eigenvalue weighted by molar-refractivity contribution is -0.128. The van der Waals surface area contributed by atoms with E-state index in [2.05, 4.69) is 30.0 Å². The minimum atomic E-state index is -0.393. The van der Waals surface area contributed by atoms with E-state index in [1.54, 1.807) is 28.8 Å². The van der Waals surface area contributed by atoms with Crippen molar-refractivity contribution < 1.29 is 14.0 Å². The van der Waals surface area contributed by atoms with Gasteiger partial charge >= 0.3 is 0 Å². The van der Waals surface area contributed by atoms with E-state index in [0.29, 0.717) is 31.0 Å². The smallest absolute Gasteiger partial charge is 0.254 e. The Kier molecular flexibility index (Phi) is 6.39. The molecule has 30 heavy (non-hydrogen) atoms.